The number of phenols is 1. The predicted octanol–water partition coefficient (Wildman–Crippen LogP) is 8.91. The SMILES string of the molecule is C.C.CC(C)(C)[Si](C)(C)Oc1cccc(F)c1.NS(=O)(=O)c1cc(C(=O)Cl)ccc1Cl.NS(=O)(=O)c1cc(C(=O)c2ccc(O)cc2F)ccc1Cl. The molecule has 0 saturated heterocycles. The lowest BCUT2D eigenvalue weighted by atomic mass is 10.0. The first-order valence-corrected chi connectivity index (χ1v) is 21.2. The smallest absolute Gasteiger partial charge is 0.252 e. The zero-order chi connectivity index (χ0) is 38.4. The highest BCUT2D eigenvalue weighted by atomic mass is 35.5. The van der Waals surface area contributed by atoms with Crippen molar-refractivity contribution in [2.45, 2.75) is 63.5 Å². The van der Waals surface area contributed by atoms with Gasteiger partial charge < -0.3 is 9.53 Å². The topological polar surface area (TPSA) is 184 Å². The molecule has 0 unspecified atom stereocenters. The summed E-state index contributed by atoms with van der Waals surface area (Å²) in [7, 11) is -9.87. The minimum absolute atomic E-state index is 0. The molecule has 4 aromatic carbocycles. The third kappa shape index (κ3) is 13.9. The molecule has 4 rings (SSSR count). The van der Waals surface area contributed by atoms with E-state index in [2.05, 4.69) is 33.9 Å². The number of carbonyl (C=O) groups excluding carboxylic acids is 2. The number of rotatable bonds is 7. The van der Waals surface area contributed by atoms with Crippen LogP contribution in [-0.2, 0) is 20.0 Å². The Kier molecular flexibility index (Phi) is 17.8. The zero-order valence-corrected chi connectivity index (χ0v) is 32.1. The fourth-order valence-corrected chi connectivity index (χ4v) is 6.81. The lowest BCUT2D eigenvalue weighted by Gasteiger charge is -2.36. The minimum Gasteiger partial charge on any atom is -0.543 e. The van der Waals surface area contributed by atoms with Crippen LogP contribution in [0.2, 0.25) is 28.2 Å². The van der Waals surface area contributed by atoms with Gasteiger partial charge in [-0.2, -0.15) is 0 Å². The molecule has 0 heterocycles. The molecule has 0 saturated carbocycles. The van der Waals surface area contributed by atoms with Crippen molar-refractivity contribution in [3.05, 3.63) is 117 Å². The quantitative estimate of drug-likeness (QED) is 0.0936. The first kappa shape index (κ1) is 48.6. The Labute approximate surface area is 319 Å². The fraction of sp³-hybridized carbons (Fsp3) is 0.235. The number of phenolic OH excluding ortho intramolecular Hbond substituents is 1. The third-order valence-electron chi connectivity index (χ3n) is 7.14. The molecular weight excluding hydrogens is 801 g/mol. The van der Waals surface area contributed by atoms with Crippen molar-refractivity contribution in [2.75, 3.05) is 0 Å². The van der Waals surface area contributed by atoms with Gasteiger partial charge in [0.1, 0.15) is 32.9 Å². The lowest BCUT2D eigenvalue weighted by molar-refractivity contribution is 0.103. The number of hydrogen-bond donors (Lipinski definition) is 3. The maximum Gasteiger partial charge on any atom is 0.252 e. The number of nitrogens with two attached hydrogens (primary N) is 2. The van der Waals surface area contributed by atoms with E-state index in [0.29, 0.717) is 5.75 Å². The van der Waals surface area contributed by atoms with Gasteiger partial charge in [-0.3, -0.25) is 9.59 Å². The Balaban J connectivity index is 0.000000757. The molecule has 0 fully saturated rings. The van der Waals surface area contributed by atoms with Crippen LogP contribution in [0.5, 0.6) is 11.5 Å². The van der Waals surface area contributed by atoms with Crippen LogP contribution in [0.4, 0.5) is 8.78 Å². The molecule has 4 aromatic rings. The summed E-state index contributed by atoms with van der Waals surface area (Å²) in [6.45, 7) is 10.8. The van der Waals surface area contributed by atoms with Crippen LogP contribution in [0.15, 0.2) is 88.7 Å². The molecule has 0 radical (unpaired) electrons. The number of primary sulfonamides is 2. The van der Waals surface area contributed by atoms with Crippen LogP contribution in [0.3, 0.4) is 0 Å². The monoisotopic (exact) mass is 840 g/mol. The Hall–Kier alpha value is -3.41. The van der Waals surface area contributed by atoms with Crippen molar-refractivity contribution < 1.29 is 44.7 Å². The normalized spacial score (nSPS) is 11.3. The summed E-state index contributed by atoms with van der Waals surface area (Å²) in [6.07, 6.45) is 0. The van der Waals surface area contributed by atoms with Gasteiger partial charge in [-0.05, 0) is 90.4 Å². The summed E-state index contributed by atoms with van der Waals surface area (Å²) in [6, 6.07) is 16.4. The maximum absolute atomic E-state index is 13.7. The van der Waals surface area contributed by atoms with Crippen LogP contribution in [-0.4, -0.2) is 41.3 Å². The number of sulfonamides is 2. The van der Waals surface area contributed by atoms with E-state index in [4.69, 9.17) is 54.6 Å². The second-order valence-corrected chi connectivity index (χ2v) is 20.9. The van der Waals surface area contributed by atoms with Crippen LogP contribution >= 0.6 is 34.8 Å². The first-order valence-electron chi connectivity index (χ1n) is 14.1. The zero-order valence-electron chi connectivity index (χ0n) is 27.2. The number of hydrogen-bond acceptors (Lipinski definition) is 8. The summed E-state index contributed by atoms with van der Waals surface area (Å²) in [4.78, 5) is 22.2. The summed E-state index contributed by atoms with van der Waals surface area (Å²) in [5, 5.41) is 18.1. The van der Waals surface area contributed by atoms with E-state index in [1.165, 1.54) is 36.4 Å². The van der Waals surface area contributed by atoms with Gasteiger partial charge in [0.15, 0.2) is 5.78 Å². The maximum atomic E-state index is 13.7. The summed E-state index contributed by atoms with van der Waals surface area (Å²) in [5.74, 6) is -1.61. The molecule has 0 spiro atoms. The molecule has 0 aliphatic carbocycles. The number of halogens is 5. The molecule has 0 aromatic heterocycles. The van der Waals surface area contributed by atoms with Crippen molar-refractivity contribution >= 4 is 74.2 Å². The molecule has 0 atom stereocenters. The second kappa shape index (κ2) is 19.1. The predicted molar refractivity (Wildman–Crippen MR) is 205 cm³/mol. The number of benzene rings is 4. The largest absolute Gasteiger partial charge is 0.543 e. The Morgan fingerprint density at radius 2 is 1.25 bits per heavy atom. The highest BCUT2D eigenvalue weighted by Gasteiger charge is 2.39. The average Bonchev–Trinajstić information content (AvgIpc) is 2.96. The van der Waals surface area contributed by atoms with Gasteiger partial charge in [-0.1, -0.05) is 64.9 Å². The Bertz CT molecular complexity index is 2130. The molecular formula is C34H41Cl3F2N2O8S2Si. The van der Waals surface area contributed by atoms with E-state index in [1.54, 1.807) is 6.07 Å². The standard InChI is InChI=1S/C13H9ClFNO4S.C12H19FOSi.C7H5Cl2NO3S.2CH4/c14-10-4-1-7(5-12(10)21(16,19)20)13(18)9-3-2-8(17)6-11(9)15;1-12(2,3)15(4,5)14-11-8-6-7-10(13)9-11;8-5-2-1-4(7(9)11)3-6(5)14(10,12)13;;/h1-6,17H,(H2,16,19,20);6-9H,1-5H3;1-3H,(H2,10,12,13);2*1H4. The summed E-state index contributed by atoms with van der Waals surface area (Å²) >= 11 is 16.4. The molecule has 18 heteroatoms. The Morgan fingerprint density at radius 1 is 0.769 bits per heavy atom. The number of ketones is 1. The molecule has 286 valence electrons. The van der Waals surface area contributed by atoms with Crippen molar-refractivity contribution in [2.24, 2.45) is 10.3 Å². The van der Waals surface area contributed by atoms with Gasteiger partial charge in [-0.15, -0.1) is 0 Å². The van der Waals surface area contributed by atoms with Gasteiger partial charge in [0.2, 0.25) is 28.4 Å². The van der Waals surface area contributed by atoms with Crippen molar-refractivity contribution in [3.8, 4) is 11.5 Å². The van der Waals surface area contributed by atoms with Crippen molar-refractivity contribution in [3.63, 3.8) is 0 Å². The molecule has 5 N–H and O–H groups in total. The van der Waals surface area contributed by atoms with Gasteiger partial charge in [0.25, 0.3) is 5.24 Å². The third-order valence-corrected chi connectivity index (χ3v) is 14.5. The van der Waals surface area contributed by atoms with Crippen LogP contribution in [0.25, 0.3) is 0 Å². The molecule has 0 aliphatic heterocycles. The summed E-state index contributed by atoms with van der Waals surface area (Å²) < 4.78 is 77.2. The van der Waals surface area contributed by atoms with Gasteiger partial charge in [0, 0.05) is 23.3 Å². The molecule has 0 amide bonds. The molecule has 10 nitrogen and oxygen atoms in total. The van der Waals surface area contributed by atoms with Crippen molar-refractivity contribution in [1.29, 1.82) is 0 Å². The lowest BCUT2D eigenvalue weighted by Crippen LogP contribution is -2.43. The van der Waals surface area contributed by atoms with E-state index in [9.17, 15) is 35.2 Å². The molecule has 0 bridgehead atoms. The van der Waals surface area contributed by atoms with Gasteiger partial charge >= 0.3 is 0 Å². The van der Waals surface area contributed by atoms with E-state index < -0.39 is 50.1 Å². The van der Waals surface area contributed by atoms with Gasteiger partial charge in [-0.25, -0.2) is 35.9 Å². The van der Waals surface area contributed by atoms with E-state index in [0.717, 1.165) is 30.3 Å². The summed E-state index contributed by atoms with van der Waals surface area (Å²) in [5.41, 5.74) is -0.372. The van der Waals surface area contributed by atoms with E-state index >= 15 is 0 Å². The van der Waals surface area contributed by atoms with Crippen LogP contribution in [0, 0.1) is 11.6 Å². The van der Waals surface area contributed by atoms with Crippen molar-refractivity contribution in [1.82, 2.24) is 0 Å². The molecule has 52 heavy (non-hydrogen) atoms. The fourth-order valence-electron chi connectivity index (χ4n) is 3.53. The first-order chi connectivity index (χ1) is 22.7. The van der Waals surface area contributed by atoms with Crippen LogP contribution in [0.1, 0.15) is 61.9 Å². The Morgan fingerprint density at radius 3 is 1.67 bits per heavy atom. The molecule has 0 aliphatic rings. The average molecular weight is 842 g/mol. The number of aromatic hydroxyl groups is 1. The number of carbonyl (C=O) groups is 2. The van der Waals surface area contributed by atoms with Crippen LogP contribution < -0.4 is 14.7 Å². The second-order valence-electron chi connectivity index (χ2n) is 12.0. The van der Waals surface area contributed by atoms with Gasteiger partial charge in [0.05, 0.1) is 15.6 Å². The minimum atomic E-state index is -4.11. The highest BCUT2D eigenvalue weighted by Crippen LogP contribution is 2.37. The van der Waals surface area contributed by atoms with E-state index in [1.807, 2.05) is 6.07 Å². The van der Waals surface area contributed by atoms with E-state index in [-0.39, 0.29) is 63.1 Å². The highest BCUT2D eigenvalue weighted by molar-refractivity contribution is 7.89.